The highest BCUT2D eigenvalue weighted by Crippen LogP contribution is 2.36. The Morgan fingerprint density at radius 3 is 2.29 bits per heavy atom. The maximum absolute atomic E-state index is 13.8. The molecular weight excluding hydrogens is 577 g/mol. The summed E-state index contributed by atoms with van der Waals surface area (Å²) in [6, 6.07) is 9.40. The fourth-order valence-corrected chi connectivity index (χ4v) is 6.69. The van der Waals surface area contributed by atoms with Crippen LogP contribution in [0.25, 0.3) is 10.9 Å². The molecule has 0 spiro atoms. The van der Waals surface area contributed by atoms with Gasteiger partial charge in [0.25, 0.3) is 0 Å². The zero-order valence-corrected chi connectivity index (χ0v) is 25.7. The van der Waals surface area contributed by atoms with E-state index in [2.05, 4.69) is 20.9 Å². The minimum absolute atomic E-state index is 0.0714. The number of carboxylic acids is 1. The Bertz CT molecular complexity index is 1530. The summed E-state index contributed by atoms with van der Waals surface area (Å²) in [4.78, 5) is 58.0. The van der Waals surface area contributed by atoms with Gasteiger partial charge < -0.3 is 30.9 Å². The molecule has 1 aliphatic heterocycles. The third kappa shape index (κ3) is 8.20. The van der Waals surface area contributed by atoms with Crippen LogP contribution in [0.3, 0.4) is 0 Å². The third-order valence-corrected chi connectivity index (χ3v) is 8.89. The highest BCUT2D eigenvalue weighted by molar-refractivity contribution is 5.94. The lowest BCUT2D eigenvalue weighted by Crippen LogP contribution is -2.58. The van der Waals surface area contributed by atoms with Crippen molar-refractivity contribution in [2.24, 2.45) is 17.8 Å². The first-order valence-electron chi connectivity index (χ1n) is 15.7. The van der Waals surface area contributed by atoms with Gasteiger partial charge in [-0.1, -0.05) is 44.2 Å². The van der Waals surface area contributed by atoms with Crippen LogP contribution in [0.15, 0.2) is 54.7 Å². The molecule has 5 atom stereocenters. The number of urea groups is 1. The van der Waals surface area contributed by atoms with Crippen molar-refractivity contribution in [1.29, 1.82) is 0 Å². The van der Waals surface area contributed by atoms with Crippen LogP contribution in [0.4, 0.5) is 9.18 Å². The minimum Gasteiger partial charge on any atom is -0.480 e. The second-order valence-corrected chi connectivity index (χ2v) is 12.9. The molecule has 240 valence electrons. The number of likely N-dealkylation sites (tertiary alicyclic amines) is 1. The number of nitrogens with one attached hydrogen (secondary N) is 4. The Labute approximate surface area is 262 Å². The van der Waals surface area contributed by atoms with E-state index in [1.54, 1.807) is 17.2 Å². The second-order valence-electron chi connectivity index (χ2n) is 12.9. The Kier molecular flexibility index (Phi) is 10.0. The molecule has 45 heavy (non-hydrogen) atoms. The lowest BCUT2D eigenvalue weighted by molar-refractivity contribution is -0.142. The van der Waals surface area contributed by atoms with Crippen molar-refractivity contribution < 1.29 is 28.7 Å². The lowest BCUT2D eigenvalue weighted by Gasteiger charge is -2.33. The zero-order chi connectivity index (χ0) is 32.1. The standard InChI is InChI=1S/C34H42FN5O5/c1-20(2)12-28(39-34(45)40-18-22-10-11-23(13-22)19-40)31(41)37-29(16-24-17-36-27-9-4-3-8-26(24)27)32(42)38-30(33(43)44)15-21-6-5-7-25(35)14-21/h3-9,14,17,20,22-23,28-30,36H,10-13,15-16,18-19H2,1-2H3,(H,37,41)(H,38,42)(H,39,45)(H,43,44)/t22-,23+,28-,29+,30+/m0/s1. The van der Waals surface area contributed by atoms with Gasteiger partial charge in [0.15, 0.2) is 0 Å². The molecule has 11 heteroatoms. The van der Waals surface area contributed by atoms with Gasteiger partial charge in [0.2, 0.25) is 11.8 Å². The van der Waals surface area contributed by atoms with E-state index in [1.807, 2.05) is 38.1 Å². The number of nitrogens with zero attached hydrogens (tertiary/aromatic N) is 1. The number of amides is 4. The quantitative estimate of drug-likeness (QED) is 0.208. The van der Waals surface area contributed by atoms with Crippen molar-refractivity contribution in [2.45, 2.75) is 70.5 Å². The Hall–Kier alpha value is -4.41. The molecule has 1 saturated carbocycles. The van der Waals surface area contributed by atoms with Gasteiger partial charge >= 0.3 is 12.0 Å². The number of rotatable bonds is 12. The van der Waals surface area contributed by atoms with Crippen LogP contribution in [0.5, 0.6) is 0 Å². The Morgan fingerprint density at radius 2 is 1.60 bits per heavy atom. The van der Waals surface area contributed by atoms with Crippen LogP contribution in [0.1, 0.15) is 50.7 Å². The molecule has 0 radical (unpaired) electrons. The number of carbonyl (C=O) groups excluding carboxylic acids is 3. The van der Waals surface area contributed by atoms with Gasteiger partial charge in [-0.2, -0.15) is 0 Å². The number of aliphatic carboxylic acids is 1. The predicted octanol–water partition coefficient (Wildman–Crippen LogP) is 4.00. The van der Waals surface area contributed by atoms with Crippen LogP contribution < -0.4 is 16.0 Å². The molecular formula is C34H42FN5O5. The van der Waals surface area contributed by atoms with Gasteiger partial charge in [0.1, 0.15) is 23.9 Å². The molecule has 2 heterocycles. The number of para-hydroxylation sites is 1. The van der Waals surface area contributed by atoms with Crippen LogP contribution in [-0.2, 0) is 27.2 Å². The molecule has 1 aromatic heterocycles. The first kappa shape index (κ1) is 32.0. The van der Waals surface area contributed by atoms with E-state index in [9.17, 15) is 28.7 Å². The first-order chi connectivity index (χ1) is 21.5. The molecule has 2 aliphatic rings. The fraction of sp³-hybridized carbons (Fsp3) is 0.471. The number of halogens is 1. The summed E-state index contributed by atoms with van der Waals surface area (Å²) in [5.74, 6) is -1.96. The van der Waals surface area contributed by atoms with Gasteiger partial charge in [0, 0.05) is 43.0 Å². The van der Waals surface area contributed by atoms with Crippen molar-refractivity contribution in [3.05, 3.63) is 71.7 Å². The largest absolute Gasteiger partial charge is 0.480 e. The van der Waals surface area contributed by atoms with Crippen molar-refractivity contribution >= 4 is 34.7 Å². The van der Waals surface area contributed by atoms with Crippen LogP contribution in [0, 0.1) is 23.6 Å². The fourth-order valence-electron chi connectivity index (χ4n) is 6.69. The summed E-state index contributed by atoms with van der Waals surface area (Å²) in [5, 5.41) is 19.1. The molecule has 2 aromatic carbocycles. The number of hydrogen-bond acceptors (Lipinski definition) is 4. The average Bonchev–Trinajstić information content (AvgIpc) is 3.56. The highest BCUT2D eigenvalue weighted by Gasteiger charge is 2.37. The van der Waals surface area contributed by atoms with Crippen LogP contribution in [0.2, 0.25) is 0 Å². The summed E-state index contributed by atoms with van der Waals surface area (Å²) in [6.07, 6.45) is 5.42. The van der Waals surface area contributed by atoms with E-state index in [-0.39, 0.29) is 24.8 Å². The molecule has 0 unspecified atom stereocenters. The predicted molar refractivity (Wildman–Crippen MR) is 168 cm³/mol. The third-order valence-electron chi connectivity index (χ3n) is 8.89. The number of carboxylic acid groups (broad SMARTS) is 1. The number of piperidine rings is 1. The van der Waals surface area contributed by atoms with E-state index in [4.69, 9.17) is 0 Å². The Balaban J connectivity index is 1.35. The summed E-state index contributed by atoms with van der Waals surface area (Å²) >= 11 is 0. The van der Waals surface area contributed by atoms with Crippen molar-refractivity contribution in [2.75, 3.05) is 13.1 Å². The van der Waals surface area contributed by atoms with Gasteiger partial charge in [0.05, 0.1) is 0 Å². The van der Waals surface area contributed by atoms with E-state index >= 15 is 0 Å². The highest BCUT2D eigenvalue weighted by atomic mass is 19.1. The Morgan fingerprint density at radius 1 is 0.911 bits per heavy atom. The SMILES string of the molecule is CC(C)C[C@H](NC(=O)N1C[C@@H]2CC[C@@H](C2)C1)C(=O)N[C@H](Cc1c[nH]c2ccccc12)C(=O)N[C@H](Cc1cccc(F)c1)C(=O)O. The number of aromatic nitrogens is 1. The maximum atomic E-state index is 13.8. The molecule has 2 fully saturated rings. The summed E-state index contributed by atoms with van der Waals surface area (Å²) in [5.41, 5.74) is 2.02. The minimum atomic E-state index is -1.36. The lowest BCUT2D eigenvalue weighted by atomic mass is 9.99. The first-order valence-corrected chi connectivity index (χ1v) is 15.7. The van der Waals surface area contributed by atoms with Crippen molar-refractivity contribution in [3.63, 3.8) is 0 Å². The summed E-state index contributed by atoms with van der Waals surface area (Å²) < 4.78 is 13.8. The van der Waals surface area contributed by atoms with Crippen molar-refractivity contribution in [1.82, 2.24) is 25.8 Å². The zero-order valence-electron chi connectivity index (χ0n) is 25.7. The number of carbonyl (C=O) groups is 4. The van der Waals surface area contributed by atoms with E-state index < -0.39 is 41.7 Å². The normalized spacial score (nSPS) is 19.6. The van der Waals surface area contributed by atoms with Gasteiger partial charge in [-0.05, 0) is 72.8 Å². The molecule has 10 nitrogen and oxygen atoms in total. The average molecular weight is 620 g/mol. The smallest absolute Gasteiger partial charge is 0.326 e. The second kappa shape index (κ2) is 14.1. The number of fused-ring (bicyclic) bond motifs is 3. The molecule has 5 rings (SSSR count). The summed E-state index contributed by atoms with van der Waals surface area (Å²) in [6.45, 7) is 5.25. The van der Waals surface area contributed by atoms with Crippen molar-refractivity contribution in [3.8, 4) is 0 Å². The molecule has 1 saturated heterocycles. The molecule has 4 amide bonds. The molecule has 2 bridgehead atoms. The molecule has 5 N–H and O–H groups in total. The maximum Gasteiger partial charge on any atom is 0.326 e. The molecule has 3 aromatic rings. The number of H-pyrrole nitrogens is 1. The number of hydrogen-bond donors (Lipinski definition) is 5. The van der Waals surface area contributed by atoms with E-state index in [0.29, 0.717) is 36.9 Å². The van der Waals surface area contributed by atoms with Gasteiger partial charge in [-0.15, -0.1) is 0 Å². The van der Waals surface area contributed by atoms with Gasteiger partial charge in [-0.3, -0.25) is 9.59 Å². The van der Waals surface area contributed by atoms with Gasteiger partial charge in [-0.25, -0.2) is 14.0 Å². The molecule has 1 aliphatic carbocycles. The van der Waals surface area contributed by atoms with E-state index in [1.165, 1.54) is 18.2 Å². The summed E-state index contributed by atoms with van der Waals surface area (Å²) in [7, 11) is 0. The van der Waals surface area contributed by atoms with Crippen LogP contribution in [-0.4, -0.2) is 70.0 Å². The van der Waals surface area contributed by atoms with E-state index in [0.717, 1.165) is 35.7 Å². The number of aromatic amines is 1. The topological polar surface area (TPSA) is 144 Å². The monoisotopic (exact) mass is 619 g/mol. The van der Waals surface area contributed by atoms with Crippen LogP contribution >= 0.6 is 0 Å². The number of benzene rings is 2.